The summed E-state index contributed by atoms with van der Waals surface area (Å²) >= 11 is 0. The van der Waals surface area contributed by atoms with Crippen molar-refractivity contribution in [3.8, 4) is 0 Å². The Morgan fingerprint density at radius 2 is 1.75 bits per heavy atom. The van der Waals surface area contributed by atoms with E-state index in [1.54, 1.807) is 0 Å². The van der Waals surface area contributed by atoms with E-state index in [2.05, 4.69) is 29.2 Å². The highest BCUT2D eigenvalue weighted by molar-refractivity contribution is 5.49. The summed E-state index contributed by atoms with van der Waals surface area (Å²) in [5, 5.41) is 0. The van der Waals surface area contributed by atoms with Crippen LogP contribution in [-0.2, 0) is 15.9 Å². The van der Waals surface area contributed by atoms with Gasteiger partial charge in [0, 0.05) is 18.8 Å². The number of ether oxygens (including phenoxy) is 2. The van der Waals surface area contributed by atoms with Crippen molar-refractivity contribution in [1.82, 2.24) is 0 Å². The van der Waals surface area contributed by atoms with E-state index >= 15 is 0 Å². The van der Waals surface area contributed by atoms with Crippen LogP contribution >= 0.6 is 0 Å². The molecular weight excluding hydrogens is 250 g/mol. The lowest BCUT2D eigenvalue weighted by molar-refractivity contribution is 0.389. The van der Waals surface area contributed by atoms with Crippen molar-refractivity contribution in [3.05, 3.63) is 29.8 Å². The highest BCUT2D eigenvalue weighted by Gasteiger charge is 2.31. The van der Waals surface area contributed by atoms with Gasteiger partial charge in [-0.25, -0.2) is 0 Å². The Balaban J connectivity index is 1.43. The summed E-state index contributed by atoms with van der Waals surface area (Å²) in [4.78, 5) is 2.44. The fourth-order valence-electron chi connectivity index (χ4n) is 2.81. The van der Waals surface area contributed by atoms with Crippen molar-refractivity contribution in [2.75, 3.05) is 31.2 Å². The second-order valence-electron chi connectivity index (χ2n) is 6.47. The van der Waals surface area contributed by atoms with Gasteiger partial charge in [-0.15, -0.1) is 0 Å². The molecule has 1 saturated carbocycles. The smallest absolute Gasteiger partial charge is 0.0984 e. The first-order valence-corrected chi connectivity index (χ1v) is 7.94. The summed E-state index contributed by atoms with van der Waals surface area (Å²) in [6, 6.07) is 9.07. The fourth-order valence-corrected chi connectivity index (χ4v) is 2.81. The molecule has 0 bridgehead atoms. The van der Waals surface area contributed by atoms with E-state index in [0.717, 1.165) is 32.2 Å². The summed E-state index contributed by atoms with van der Waals surface area (Å²) in [6.45, 7) is 3.85. The zero-order chi connectivity index (χ0) is 13.4. The topological polar surface area (TPSA) is 28.3 Å². The summed E-state index contributed by atoms with van der Waals surface area (Å²) in [5.41, 5.74) is 2.82. The summed E-state index contributed by atoms with van der Waals surface area (Å²) in [6.07, 6.45) is 6.36. The van der Waals surface area contributed by atoms with E-state index in [0.29, 0.717) is 12.2 Å². The molecule has 1 aromatic carbocycles. The number of rotatable bonds is 8. The number of benzene rings is 1. The van der Waals surface area contributed by atoms with Crippen LogP contribution in [0.2, 0.25) is 0 Å². The Morgan fingerprint density at radius 1 is 1.05 bits per heavy atom. The molecule has 2 atom stereocenters. The third-order valence-corrected chi connectivity index (χ3v) is 4.47. The first kappa shape index (κ1) is 12.7. The molecule has 1 aromatic rings. The van der Waals surface area contributed by atoms with Gasteiger partial charge in [0.15, 0.2) is 0 Å². The molecule has 3 heteroatoms. The van der Waals surface area contributed by atoms with Crippen LogP contribution in [0.25, 0.3) is 0 Å². The van der Waals surface area contributed by atoms with Gasteiger partial charge in [0.25, 0.3) is 0 Å². The number of hydrogen-bond acceptors (Lipinski definition) is 3. The Bertz CT molecular complexity index is 450. The Hall–Kier alpha value is -1.06. The third-order valence-electron chi connectivity index (χ3n) is 4.47. The van der Waals surface area contributed by atoms with Crippen LogP contribution in [0.3, 0.4) is 0 Å². The standard InChI is InChI=1S/C17H23NO2/c1-2-14(7-6-13-4-5-13)8-15(3-1)18(9-16-11-19-16)10-17-12-20-17/h1-3,8,13,16-17H,4-7,9-12H2/t16-,17+. The van der Waals surface area contributed by atoms with Gasteiger partial charge in [0.1, 0.15) is 0 Å². The zero-order valence-electron chi connectivity index (χ0n) is 12.0. The Kier molecular flexibility index (Phi) is 3.41. The van der Waals surface area contributed by atoms with Gasteiger partial charge in [-0.3, -0.25) is 0 Å². The number of nitrogens with zero attached hydrogens (tertiary/aromatic N) is 1. The minimum atomic E-state index is 0.434. The van der Waals surface area contributed by atoms with Crippen molar-refractivity contribution in [1.29, 1.82) is 0 Å². The summed E-state index contributed by atoms with van der Waals surface area (Å²) in [5.74, 6) is 1.01. The maximum Gasteiger partial charge on any atom is 0.0984 e. The fraction of sp³-hybridized carbons (Fsp3) is 0.647. The first-order chi connectivity index (χ1) is 9.87. The normalized spacial score (nSPS) is 27.4. The van der Waals surface area contributed by atoms with Crippen molar-refractivity contribution in [3.63, 3.8) is 0 Å². The highest BCUT2D eigenvalue weighted by atomic mass is 16.6. The number of epoxide rings is 2. The molecule has 0 spiro atoms. The molecular formula is C17H23NO2. The molecule has 3 aliphatic rings. The van der Waals surface area contributed by atoms with Gasteiger partial charge >= 0.3 is 0 Å². The van der Waals surface area contributed by atoms with Crippen LogP contribution in [0, 0.1) is 5.92 Å². The molecule has 0 N–H and O–H groups in total. The first-order valence-electron chi connectivity index (χ1n) is 7.94. The maximum absolute atomic E-state index is 5.40. The number of aryl methyl sites for hydroxylation is 1. The van der Waals surface area contributed by atoms with Gasteiger partial charge in [-0.1, -0.05) is 25.0 Å². The largest absolute Gasteiger partial charge is 0.371 e. The van der Waals surface area contributed by atoms with Gasteiger partial charge in [-0.2, -0.15) is 0 Å². The molecule has 0 radical (unpaired) electrons. The molecule has 2 aliphatic heterocycles. The lowest BCUT2D eigenvalue weighted by Gasteiger charge is -2.24. The molecule has 2 heterocycles. The predicted octanol–water partition coefficient (Wildman–Crippen LogP) is 2.63. The van der Waals surface area contributed by atoms with Crippen LogP contribution in [0.4, 0.5) is 5.69 Å². The molecule has 20 heavy (non-hydrogen) atoms. The second kappa shape index (κ2) is 5.38. The molecule has 3 nitrogen and oxygen atoms in total. The molecule has 3 fully saturated rings. The van der Waals surface area contributed by atoms with Crippen LogP contribution in [0.1, 0.15) is 24.8 Å². The van der Waals surface area contributed by atoms with Crippen LogP contribution < -0.4 is 4.90 Å². The average molecular weight is 273 g/mol. The van der Waals surface area contributed by atoms with Crippen LogP contribution in [-0.4, -0.2) is 38.5 Å². The summed E-state index contributed by atoms with van der Waals surface area (Å²) < 4.78 is 10.8. The minimum absolute atomic E-state index is 0.434. The predicted molar refractivity (Wildman–Crippen MR) is 79.2 cm³/mol. The van der Waals surface area contributed by atoms with Crippen LogP contribution in [0.5, 0.6) is 0 Å². The highest BCUT2D eigenvalue weighted by Crippen LogP contribution is 2.34. The third kappa shape index (κ3) is 3.53. The Labute approximate surface area is 120 Å². The van der Waals surface area contributed by atoms with E-state index in [9.17, 15) is 0 Å². The molecule has 2 saturated heterocycles. The van der Waals surface area contributed by atoms with Crippen molar-refractivity contribution in [2.45, 2.75) is 37.9 Å². The average Bonchev–Trinajstić information content (AvgIpc) is 3.31. The number of anilines is 1. The van der Waals surface area contributed by atoms with E-state index in [-0.39, 0.29) is 0 Å². The van der Waals surface area contributed by atoms with E-state index < -0.39 is 0 Å². The lowest BCUT2D eigenvalue weighted by atomic mass is 10.1. The molecule has 4 rings (SSSR count). The van der Waals surface area contributed by atoms with E-state index in [1.807, 2.05) is 0 Å². The van der Waals surface area contributed by atoms with Crippen molar-refractivity contribution >= 4 is 5.69 Å². The quantitative estimate of drug-likeness (QED) is 0.682. The molecule has 0 aromatic heterocycles. The molecule has 1 aliphatic carbocycles. The monoisotopic (exact) mass is 273 g/mol. The lowest BCUT2D eigenvalue weighted by Crippen LogP contribution is -2.31. The molecule has 0 amide bonds. The van der Waals surface area contributed by atoms with Gasteiger partial charge < -0.3 is 14.4 Å². The number of hydrogen-bond donors (Lipinski definition) is 0. The van der Waals surface area contributed by atoms with Crippen molar-refractivity contribution in [2.24, 2.45) is 5.92 Å². The zero-order valence-corrected chi connectivity index (χ0v) is 12.0. The Morgan fingerprint density at radius 3 is 2.35 bits per heavy atom. The summed E-state index contributed by atoms with van der Waals surface area (Å²) in [7, 11) is 0. The van der Waals surface area contributed by atoms with Crippen molar-refractivity contribution < 1.29 is 9.47 Å². The SMILES string of the molecule is c1cc(CCC2CC2)cc(N(C[C@H]2CO2)C[C@@H]2CO2)c1. The molecule has 108 valence electrons. The van der Waals surface area contributed by atoms with Gasteiger partial charge in [-0.05, 0) is 36.5 Å². The van der Waals surface area contributed by atoms with Crippen LogP contribution in [0.15, 0.2) is 24.3 Å². The second-order valence-corrected chi connectivity index (χ2v) is 6.47. The van der Waals surface area contributed by atoms with Gasteiger partial charge in [0.05, 0.1) is 25.4 Å². The van der Waals surface area contributed by atoms with E-state index in [1.165, 1.54) is 36.9 Å². The maximum atomic E-state index is 5.40. The minimum Gasteiger partial charge on any atom is -0.371 e. The molecule has 0 unspecified atom stereocenters. The van der Waals surface area contributed by atoms with E-state index in [4.69, 9.17) is 9.47 Å². The van der Waals surface area contributed by atoms with Gasteiger partial charge in [0.2, 0.25) is 0 Å².